The maximum atomic E-state index is 12.9. The highest BCUT2D eigenvalue weighted by Gasteiger charge is 2.34. The Labute approximate surface area is 163 Å². The van der Waals surface area contributed by atoms with Gasteiger partial charge in [-0.1, -0.05) is 30.3 Å². The second-order valence-corrected chi connectivity index (χ2v) is 8.58. The van der Waals surface area contributed by atoms with Gasteiger partial charge in [-0.25, -0.2) is 8.42 Å². The fourth-order valence-electron chi connectivity index (χ4n) is 3.06. The number of morpholine rings is 1. The molecule has 2 aromatic rings. The summed E-state index contributed by atoms with van der Waals surface area (Å²) < 4.78 is 38.7. The maximum Gasteiger partial charge on any atom is 0.269 e. The van der Waals surface area contributed by atoms with E-state index in [9.17, 15) is 18.5 Å². The smallest absolute Gasteiger partial charge is 0.269 e. The lowest BCUT2D eigenvalue weighted by Crippen LogP contribution is -2.50. The molecule has 3 rings (SSSR count). The second-order valence-electron chi connectivity index (χ2n) is 6.64. The molecule has 2 aromatic carbocycles. The van der Waals surface area contributed by atoms with Gasteiger partial charge < -0.3 is 9.47 Å². The summed E-state index contributed by atoms with van der Waals surface area (Å²) in [5, 5.41) is 10.8. The van der Waals surface area contributed by atoms with E-state index in [1.54, 1.807) is 0 Å². The zero-order chi connectivity index (χ0) is 20.1. The number of sulfonamides is 1. The molecule has 2 atom stereocenters. The monoisotopic (exact) mass is 406 g/mol. The van der Waals surface area contributed by atoms with E-state index < -0.39 is 14.9 Å². The molecule has 150 valence electrons. The quantitative estimate of drug-likeness (QED) is 0.518. The molecule has 8 nitrogen and oxygen atoms in total. The Balaban J connectivity index is 1.64. The van der Waals surface area contributed by atoms with Crippen molar-refractivity contribution in [3.8, 4) is 0 Å². The first-order valence-electron chi connectivity index (χ1n) is 8.88. The van der Waals surface area contributed by atoms with Gasteiger partial charge in [0.15, 0.2) is 0 Å². The topological polar surface area (TPSA) is 99.0 Å². The number of non-ortho nitro benzene ring substituents is 1. The lowest BCUT2D eigenvalue weighted by Gasteiger charge is -2.35. The van der Waals surface area contributed by atoms with Gasteiger partial charge in [-0.15, -0.1) is 0 Å². The van der Waals surface area contributed by atoms with Crippen LogP contribution in [0.1, 0.15) is 12.5 Å². The molecule has 28 heavy (non-hydrogen) atoms. The number of nitrogens with zero attached hydrogens (tertiary/aromatic N) is 2. The third-order valence-corrected chi connectivity index (χ3v) is 6.24. The van der Waals surface area contributed by atoms with Crippen LogP contribution in [0.4, 0.5) is 5.69 Å². The molecule has 0 amide bonds. The molecule has 1 saturated heterocycles. The predicted octanol–water partition coefficient (Wildman–Crippen LogP) is 2.59. The minimum absolute atomic E-state index is 0.0242. The fourth-order valence-corrected chi connectivity index (χ4v) is 4.61. The number of nitro groups is 1. The highest BCUT2D eigenvalue weighted by atomic mass is 32.2. The summed E-state index contributed by atoms with van der Waals surface area (Å²) in [6, 6.07) is 14.6. The average Bonchev–Trinajstić information content (AvgIpc) is 2.68. The number of benzene rings is 2. The molecule has 0 bridgehead atoms. The van der Waals surface area contributed by atoms with Gasteiger partial charge in [-0.05, 0) is 24.6 Å². The van der Waals surface area contributed by atoms with Crippen LogP contribution in [0.25, 0.3) is 0 Å². The van der Waals surface area contributed by atoms with E-state index >= 15 is 0 Å². The first kappa shape index (κ1) is 20.4. The second kappa shape index (κ2) is 8.78. The van der Waals surface area contributed by atoms with Crippen LogP contribution in [0.5, 0.6) is 0 Å². The van der Waals surface area contributed by atoms with Crippen molar-refractivity contribution < 1.29 is 22.8 Å². The minimum atomic E-state index is -3.77. The Bertz CT molecular complexity index is 902. The zero-order valence-corrected chi connectivity index (χ0v) is 16.2. The molecule has 0 N–H and O–H groups in total. The van der Waals surface area contributed by atoms with E-state index in [4.69, 9.17) is 9.47 Å². The van der Waals surface area contributed by atoms with E-state index in [-0.39, 0.29) is 42.5 Å². The first-order chi connectivity index (χ1) is 13.4. The third kappa shape index (κ3) is 4.93. The van der Waals surface area contributed by atoms with Crippen LogP contribution >= 0.6 is 0 Å². The Hall–Kier alpha value is -2.33. The summed E-state index contributed by atoms with van der Waals surface area (Å²) in [5.41, 5.74) is 0.878. The number of ether oxygens (including phenoxy) is 2. The highest BCUT2D eigenvalue weighted by molar-refractivity contribution is 7.89. The normalized spacial score (nSPS) is 20.8. The zero-order valence-electron chi connectivity index (χ0n) is 15.4. The highest BCUT2D eigenvalue weighted by Crippen LogP contribution is 2.23. The Morgan fingerprint density at radius 1 is 1.14 bits per heavy atom. The minimum Gasteiger partial charge on any atom is -0.374 e. The molecule has 0 saturated carbocycles. The van der Waals surface area contributed by atoms with Gasteiger partial charge >= 0.3 is 0 Å². The Morgan fingerprint density at radius 2 is 1.82 bits per heavy atom. The van der Waals surface area contributed by atoms with E-state index in [2.05, 4.69) is 0 Å². The van der Waals surface area contributed by atoms with Crippen LogP contribution < -0.4 is 0 Å². The van der Waals surface area contributed by atoms with Crippen molar-refractivity contribution in [2.75, 3.05) is 19.7 Å². The molecule has 0 aromatic heterocycles. The van der Waals surface area contributed by atoms with Gasteiger partial charge in [0, 0.05) is 25.2 Å². The molecule has 1 aliphatic rings. The molecule has 1 heterocycles. The van der Waals surface area contributed by atoms with Crippen LogP contribution in [-0.4, -0.2) is 49.6 Å². The number of hydrogen-bond acceptors (Lipinski definition) is 6. The molecular formula is C19H22N2O6S. The van der Waals surface area contributed by atoms with Crippen molar-refractivity contribution in [1.29, 1.82) is 0 Å². The molecule has 0 radical (unpaired) electrons. The van der Waals surface area contributed by atoms with Gasteiger partial charge in [0.25, 0.3) is 5.69 Å². The van der Waals surface area contributed by atoms with E-state index in [0.29, 0.717) is 6.61 Å². The van der Waals surface area contributed by atoms with Crippen molar-refractivity contribution >= 4 is 15.7 Å². The molecule has 1 fully saturated rings. The van der Waals surface area contributed by atoms with E-state index in [0.717, 1.165) is 5.56 Å². The number of hydrogen-bond donors (Lipinski definition) is 0. The maximum absolute atomic E-state index is 12.9. The number of rotatable bonds is 7. The van der Waals surface area contributed by atoms with Crippen LogP contribution in [0, 0.1) is 10.1 Å². The van der Waals surface area contributed by atoms with Crippen molar-refractivity contribution in [1.82, 2.24) is 4.31 Å². The van der Waals surface area contributed by atoms with Crippen molar-refractivity contribution in [3.63, 3.8) is 0 Å². The SMILES string of the molecule is C[C@H]1CN(S(=O)(=O)c2ccc([N+](=O)[O-])cc2)C[C@H](COCc2ccccc2)O1. The lowest BCUT2D eigenvalue weighted by atomic mass is 10.2. The average molecular weight is 406 g/mol. The summed E-state index contributed by atoms with van der Waals surface area (Å²) in [6.45, 7) is 2.88. The molecule has 0 aliphatic carbocycles. The molecule has 0 spiro atoms. The van der Waals surface area contributed by atoms with Crippen LogP contribution in [0.2, 0.25) is 0 Å². The molecule has 9 heteroatoms. The van der Waals surface area contributed by atoms with Crippen LogP contribution in [0.3, 0.4) is 0 Å². The van der Waals surface area contributed by atoms with Crippen LogP contribution in [0.15, 0.2) is 59.5 Å². The number of nitro benzene ring substituents is 1. The summed E-state index contributed by atoms with van der Waals surface area (Å²) in [7, 11) is -3.77. The first-order valence-corrected chi connectivity index (χ1v) is 10.3. The van der Waals surface area contributed by atoms with E-state index in [1.807, 2.05) is 37.3 Å². The summed E-state index contributed by atoms with van der Waals surface area (Å²) in [4.78, 5) is 10.2. The van der Waals surface area contributed by atoms with Gasteiger partial charge in [-0.2, -0.15) is 4.31 Å². The Morgan fingerprint density at radius 3 is 2.46 bits per heavy atom. The van der Waals surface area contributed by atoms with Crippen molar-refractivity contribution in [2.24, 2.45) is 0 Å². The largest absolute Gasteiger partial charge is 0.374 e. The van der Waals surface area contributed by atoms with E-state index in [1.165, 1.54) is 28.6 Å². The summed E-state index contributed by atoms with van der Waals surface area (Å²) >= 11 is 0. The molecule has 1 aliphatic heterocycles. The van der Waals surface area contributed by atoms with Crippen molar-refractivity contribution in [3.05, 3.63) is 70.3 Å². The van der Waals surface area contributed by atoms with Gasteiger partial charge in [0.05, 0.1) is 35.2 Å². The van der Waals surface area contributed by atoms with Crippen LogP contribution in [-0.2, 0) is 26.1 Å². The standard InChI is InChI=1S/C19H22N2O6S/c1-15-11-20(28(24,25)19-9-7-17(8-10-19)21(22)23)12-18(27-15)14-26-13-16-5-3-2-4-6-16/h2-10,15,18H,11-14H2,1H3/t15-,18+/m0/s1. The Kier molecular flexibility index (Phi) is 6.40. The van der Waals surface area contributed by atoms with Gasteiger partial charge in [0.2, 0.25) is 10.0 Å². The predicted molar refractivity (Wildman–Crippen MR) is 102 cm³/mol. The fraction of sp³-hybridized carbons (Fsp3) is 0.368. The summed E-state index contributed by atoms with van der Waals surface area (Å²) in [6.07, 6.45) is -0.674. The van der Waals surface area contributed by atoms with Crippen molar-refractivity contribution in [2.45, 2.75) is 30.6 Å². The summed E-state index contributed by atoms with van der Waals surface area (Å²) in [5.74, 6) is 0. The molecular weight excluding hydrogens is 384 g/mol. The lowest BCUT2D eigenvalue weighted by molar-refractivity contribution is -0.384. The molecule has 0 unspecified atom stereocenters. The van der Waals surface area contributed by atoms with Gasteiger partial charge in [0.1, 0.15) is 0 Å². The third-order valence-electron chi connectivity index (χ3n) is 4.39. The van der Waals surface area contributed by atoms with Gasteiger partial charge in [-0.3, -0.25) is 10.1 Å².